The molecule has 18 nitrogen and oxygen atoms in total. The Morgan fingerprint density at radius 3 is 1.74 bits per heavy atom. The molecule has 2 saturated heterocycles. The molecule has 0 aromatic carbocycles. The zero-order valence-corrected chi connectivity index (χ0v) is 42.4. The van der Waals surface area contributed by atoms with Crippen molar-refractivity contribution in [3.05, 3.63) is 0 Å². The van der Waals surface area contributed by atoms with Crippen molar-refractivity contribution in [2.75, 3.05) is 54.4 Å². The highest BCUT2D eigenvalue weighted by molar-refractivity contribution is 5.97. The summed E-state index contributed by atoms with van der Waals surface area (Å²) in [5.74, 6) is -5.13. The highest BCUT2D eigenvalue weighted by Gasteiger charge is 2.41. The van der Waals surface area contributed by atoms with Crippen LogP contribution in [0.25, 0.3) is 0 Å². The van der Waals surface area contributed by atoms with Crippen LogP contribution < -0.4 is 16.0 Å². The molecule has 0 bridgehead atoms. The molecule has 66 heavy (non-hydrogen) atoms. The number of rotatable bonds is 26. The monoisotopic (exact) mass is 931 g/mol. The molecule has 2 aliphatic heterocycles. The van der Waals surface area contributed by atoms with Crippen molar-refractivity contribution in [2.24, 2.45) is 29.6 Å². The third-order valence-corrected chi connectivity index (χ3v) is 12.6. The van der Waals surface area contributed by atoms with Crippen molar-refractivity contribution in [3.8, 4) is 0 Å². The topological polar surface area (TPSA) is 223 Å². The van der Waals surface area contributed by atoms with Crippen LogP contribution in [0.15, 0.2) is 0 Å². The molecule has 2 fully saturated rings. The van der Waals surface area contributed by atoms with E-state index >= 15 is 0 Å². The lowest BCUT2D eigenvalue weighted by Gasteiger charge is -2.34. The fourth-order valence-electron chi connectivity index (χ4n) is 8.86. The van der Waals surface area contributed by atoms with Crippen molar-refractivity contribution in [2.45, 2.75) is 163 Å². The van der Waals surface area contributed by atoms with Gasteiger partial charge >= 0.3 is 0 Å². The van der Waals surface area contributed by atoms with Gasteiger partial charge in [0, 0.05) is 59.4 Å². The van der Waals surface area contributed by atoms with Crippen LogP contribution >= 0.6 is 0 Å². The molecule has 3 N–H and O–H groups in total. The molecule has 0 unspecified atom stereocenters. The number of likely N-dealkylation sites (tertiary alicyclic amines) is 1. The minimum atomic E-state index is -1.05. The minimum Gasteiger partial charge on any atom is -0.345 e. The van der Waals surface area contributed by atoms with Crippen LogP contribution in [0.1, 0.15) is 127 Å². The average Bonchev–Trinajstić information content (AvgIpc) is 3.95. The SMILES string of the molecule is CC(=O)[C@H](CC(C)C)NC(=O)CN(C)C(=O)[C@H](C)NC(=O)[C@H](CC(C)C)N(C)C(=O)[C@H]1CCCN1C(=O)[C@H](C)CC(=O)CN(C)C(=O)[C@H](C)CC(=O)[C@H](CC(C)C)N(C)C(=O)[C@H]1CCCN1. The molecule has 0 aliphatic carbocycles. The van der Waals surface area contributed by atoms with Crippen LogP contribution in [0.2, 0.25) is 0 Å². The number of likely N-dealkylation sites (N-methyl/N-ethyl adjacent to an activating group) is 4. The van der Waals surface area contributed by atoms with E-state index in [9.17, 15) is 47.9 Å². The number of carbonyl (C=O) groups is 10. The number of hydrogen-bond acceptors (Lipinski definition) is 11. The smallest absolute Gasteiger partial charge is 0.245 e. The molecular weight excluding hydrogens is 849 g/mol. The molecule has 18 heteroatoms. The summed E-state index contributed by atoms with van der Waals surface area (Å²) in [5, 5.41) is 8.57. The van der Waals surface area contributed by atoms with E-state index in [4.69, 9.17) is 0 Å². The standard InChI is InChI=1S/C48H82N8O10/c1-28(2)21-37(34(10)57)51-42(60)27-53(12)46(64)33(9)50-43(61)40(23-30(5)6)55(14)48(66)38-18-16-20-56(38)45(63)31(7)24-35(58)26-52(11)44(62)32(8)25-41(59)39(22-29(3)4)54(13)47(65)36-17-15-19-49-36/h28-33,36-40,49H,15-27H2,1-14H3,(H,50,61)(H,51,60)/t31-,32-,33+,36-,37+,38-,39+,40+/m1/s1. The lowest BCUT2D eigenvalue weighted by molar-refractivity contribution is -0.149. The van der Waals surface area contributed by atoms with Gasteiger partial charge in [-0.1, -0.05) is 55.4 Å². The van der Waals surface area contributed by atoms with Gasteiger partial charge in [-0.05, 0) is 83.1 Å². The van der Waals surface area contributed by atoms with Gasteiger partial charge in [-0.15, -0.1) is 0 Å². The third kappa shape index (κ3) is 17.2. The van der Waals surface area contributed by atoms with E-state index in [0.717, 1.165) is 17.9 Å². The van der Waals surface area contributed by atoms with E-state index < -0.39 is 77.5 Å². The molecule has 0 saturated carbocycles. The molecule has 2 aliphatic rings. The normalized spacial score (nSPS) is 18.8. The number of amides is 7. The first-order valence-corrected chi connectivity index (χ1v) is 23.9. The lowest BCUT2D eigenvalue weighted by Crippen LogP contribution is -2.57. The average molecular weight is 931 g/mol. The molecule has 374 valence electrons. The van der Waals surface area contributed by atoms with Crippen LogP contribution in [-0.2, 0) is 47.9 Å². The maximum Gasteiger partial charge on any atom is 0.245 e. The van der Waals surface area contributed by atoms with Crippen molar-refractivity contribution in [3.63, 3.8) is 0 Å². The molecule has 0 spiro atoms. The fourth-order valence-corrected chi connectivity index (χ4v) is 8.86. The Labute approximate surface area is 393 Å². The van der Waals surface area contributed by atoms with Crippen molar-refractivity contribution in [1.82, 2.24) is 40.4 Å². The first kappa shape index (κ1) is 57.4. The molecular formula is C48H82N8O10. The van der Waals surface area contributed by atoms with Crippen LogP contribution in [0.3, 0.4) is 0 Å². The van der Waals surface area contributed by atoms with E-state index in [1.54, 1.807) is 20.9 Å². The molecule has 0 radical (unpaired) electrons. The van der Waals surface area contributed by atoms with E-state index in [1.165, 1.54) is 54.6 Å². The van der Waals surface area contributed by atoms with Crippen LogP contribution in [0.5, 0.6) is 0 Å². The number of carbonyl (C=O) groups excluding carboxylic acids is 10. The summed E-state index contributed by atoms with van der Waals surface area (Å²) >= 11 is 0. The zero-order chi connectivity index (χ0) is 50.3. The van der Waals surface area contributed by atoms with Gasteiger partial charge in [0.15, 0.2) is 17.3 Å². The fraction of sp³-hybridized carbons (Fsp3) is 0.792. The maximum absolute atomic E-state index is 14.1. The van der Waals surface area contributed by atoms with E-state index in [0.29, 0.717) is 32.1 Å². The van der Waals surface area contributed by atoms with Crippen LogP contribution in [-0.4, -0.2) is 174 Å². The van der Waals surface area contributed by atoms with Gasteiger partial charge in [-0.25, -0.2) is 0 Å². The number of nitrogens with zero attached hydrogens (tertiary/aromatic N) is 5. The predicted octanol–water partition coefficient (Wildman–Crippen LogP) is 2.21. The summed E-state index contributed by atoms with van der Waals surface area (Å²) in [6.45, 7) is 18.1. The Morgan fingerprint density at radius 1 is 0.636 bits per heavy atom. The largest absolute Gasteiger partial charge is 0.345 e. The van der Waals surface area contributed by atoms with E-state index in [2.05, 4.69) is 16.0 Å². The zero-order valence-electron chi connectivity index (χ0n) is 42.4. The highest BCUT2D eigenvalue weighted by atomic mass is 16.2. The van der Waals surface area contributed by atoms with Gasteiger partial charge in [0.2, 0.25) is 41.4 Å². The Morgan fingerprint density at radius 2 is 1.20 bits per heavy atom. The van der Waals surface area contributed by atoms with Crippen LogP contribution in [0, 0.1) is 29.6 Å². The molecule has 7 amide bonds. The Bertz CT molecular complexity index is 1750. The third-order valence-electron chi connectivity index (χ3n) is 12.6. The number of hydrogen-bond donors (Lipinski definition) is 3. The second-order valence-corrected chi connectivity index (χ2v) is 20.2. The minimum absolute atomic E-state index is 0.0347. The Kier molecular flexibility index (Phi) is 23.1. The Balaban J connectivity index is 2.04. The van der Waals surface area contributed by atoms with E-state index in [1.807, 2.05) is 41.5 Å². The first-order valence-electron chi connectivity index (χ1n) is 23.9. The number of Topliss-reactive ketones (excluding diaryl/α,β-unsaturated/α-hetero) is 3. The van der Waals surface area contributed by atoms with Gasteiger partial charge in [0.05, 0.1) is 31.2 Å². The lowest BCUT2D eigenvalue weighted by atomic mass is 9.92. The molecule has 0 aromatic heterocycles. The van der Waals surface area contributed by atoms with Gasteiger partial charge in [-0.2, -0.15) is 0 Å². The van der Waals surface area contributed by atoms with Gasteiger partial charge in [-0.3, -0.25) is 47.9 Å². The Hall–Kier alpha value is -4.74. The number of nitrogens with one attached hydrogen (secondary N) is 3. The molecule has 2 heterocycles. The van der Waals surface area contributed by atoms with Gasteiger partial charge in [0.1, 0.15) is 18.1 Å². The summed E-state index contributed by atoms with van der Waals surface area (Å²) in [6.07, 6.45) is 3.35. The summed E-state index contributed by atoms with van der Waals surface area (Å²) in [7, 11) is 6.03. The van der Waals surface area contributed by atoms with Gasteiger partial charge in [0.25, 0.3) is 0 Å². The van der Waals surface area contributed by atoms with Gasteiger partial charge < -0.3 is 40.4 Å². The summed E-state index contributed by atoms with van der Waals surface area (Å²) < 4.78 is 0. The predicted molar refractivity (Wildman–Crippen MR) is 250 cm³/mol. The van der Waals surface area contributed by atoms with Crippen LogP contribution in [0.4, 0.5) is 0 Å². The number of ketones is 3. The molecule has 8 atom stereocenters. The second kappa shape index (κ2) is 26.6. The molecule has 2 rings (SSSR count). The second-order valence-electron chi connectivity index (χ2n) is 20.2. The quantitative estimate of drug-likeness (QED) is 0.114. The molecule has 0 aromatic rings. The summed E-state index contributed by atoms with van der Waals surface area (Å²) in [4.78, 5) is 140. The maximum atomic E-state index is 14.1. The summed E-state index contributed by atoms with van der Waals surface area (Å²) in [5.41, 5.74) is 0. The van der Waals surface area contributed by atoms with Crippen molar-refractivity contribution in [1.29, 1.82) is 0 Å². The van der Waals surface area contributed by atoms with E-state index in [-0.39, 0.29) is 85.9 Å². The first-order chi connectivity index (χ1) is 30.7. The van der Waals surface area contributed by atoms with Crippen molar-refractivity contribution < 1.29 is 47.9 Å². The highest BCUT2D eigenvalue weighted by Crippen LogP contribution is 2.25. The summed E-state index contributed by atoms with van der Waals surface area (Å²) in [6, 6.07) is -4.62. The van der Waals surface area contributed by atoms with Crippen molar-refractivity contribution >= 4 is 58.7 Å².